The normalized spacial score (nSPS) is 20.3. The van der Waals surface area contributed by atoms with Crippen LogP contribution >= 0.6 is 0 Å². The zero-order chi connectivity index (χ0) is 17.9. The van der Waals surface area contributed by atoms with Gasteiger partial charge in [-0.3, -0.25) is 14.4 Å². The van der Waals surface area contributed by atoms with Crippen molar-refractivity contribution in [1.82, 2.24) is 9.80 Å². The minimum atomic E-state index is -0.976. The highest BCUT2D eigenvalue weighted by atomic mass is 19.1. The maximum absolute atomic E-state index is 13.2. The number of likely N-dealkylation sites (tertiary alicyclic amines) is 1. The van der Waals surface area contributed by atoms with E-state index >= 15 is 0 Å². The summed E-state index contributed by atoms with van der Waals surface area (Å²) in [6, 6.07) is 5.28. The number of benzene rings is 1. The molecule has 1 fully saturated rings. The maximum atomic E-state index is 13.2. The lowest BCUT2D eigenvalue weighted by Crippen LogP contribution is -2.39. The van der Waals surface area contributed by atoms with Gasteiger partial charge in [-0.05, 0) is 24.6 Å². The number of rotatable bonds is 6. The molecule has 24 heavy (non-hydrogen) atoms. The van der Waals surface area contributed by atoms with Gasteiger partial charge >= 0.3 is 5.97 Å². The van der Waals surface area contributed by atoms with Crippen molar-refractivity contribution in [1.29, 1.82) is 0 Å². The third-order valence-corrected chi connectivity index (χ3v) is 4.40. The van der Waals surface area contributed by atoms with Crippen LogP contribution in [0.3, 0.4) is 0 Å². The van der Waals surface area contributed by atoms with Crippen molar-refractivity contribution in [2.45, 2.75) is 25.8 Å². The zero-order valence-corrected chi connectivity index (χ0v) is 13.7. The summed E-state index contributed by atoms with van der Waals surface area (Å²) in [5, 5.41) is 8.81. The van der Waals surface area contributed by atoms with E-state index in [0.29, 0.717) is 12.1 Å². The van der Waals surface area contributed by atoms with Crippen molar-refractivity contribution in [3.63, 3.8) is 0 Å². The van der Waals surface area contributed by atoms with Gasteiger partial charge in [0.1, 0.15) is 5.82 Å². The molecule has 1 aliphatic rings. The Morgan fingerprint density at radius 2 is 1.96 bits per heavy atom. The monoisotopic (exact) mass is 336 g/mol. The van der Waals surface area contributed by atoms with Crippen molar-refractivity contribution in [3.05, 3.63) is 35.6 Å². The molecule has 1 N–H and O–H groups in total. The summed E-state index contributed by atoms with van der Waals surface area (Å²) >= 11 is 0. The summed E-state index contributed by atoms with van der Waals surface area (Å²) in [6.07, 6.45) is -0.0712. The van der Waals surface area contributed by atoms with Gasteiger partial charge in [-0.25, -0.2) is 4.39 Å². The molecule has 2 unspecified atom stereocenters. The van der Waals surface area contributed by atoms with Crippen LogP contribution in [0.2, 0.25) is 0 Å². The molecule has 7 heteroatoms. The summed E-state index contributed by atoms with van der Waals surface area (Å²) in [4.78, 5) is 38.6. The fourth-order valence-electron chi connectivity index (χ4n) is 3.10. The maximum Gasteiger partial charge on any atom is 0.305 e. The average molecular weight is 336 g/mol. The van der Waals surface area contributed by atoms with E-state index in [-0.39, 0.29) is 37.0 Å². The van der Waals surface area contributed by atoms with Gasteiger partial charge in [0, 0.05) is 26.6 Å². The Morgan fingerprint density at radius 1 is 1.33 bits per heavy atom. The fraction of sp³-hybridized carbons (Fsp3) is 0.471. The van der Waals surface area contributed by atoms with Crippen molar-refractivity contribution in [2.24, 2.45) is 5.92 Å². The average Bonchev–Trinajstić information content (AvgIpc) is 2.84. The third-order valence-electron chi connectivity index (χ3n) is 4.40. The predicted octanol–water partition coefficient (Wildman–Crippen LogP) is 1.67. The van der Waals surface area contributed by atoms with Crippen molar-refractivity contribution < 1.29 is 23.9 Å². The van der Waals surface area contributed by atoms with Crippen LogP contribution in [0, 0.1) is 11.7 Å². The minimum absolute atomic E-state index is 0.0704. The summed E-state index contributed by atoms with van der Waals surface area (Å²) in [5.74, 6) is -2.36. The van der Waals surface area contributed by atoms with Crippen LogP contribution in [0.5, 0.6) is 0 Å². The topological polar surface area (TPSA) is 77.9 Å². The number of carboxylic acid groups (broad SMARTS) is 1. The van der Waals surface area contributed by atoms with Gasteiger partial charge in [-0.2, -0.15) is 0 Å². The molecule has 1 heterocycles. The molecule has 2 rings (SSSR count). The van der Waals surface area contributed by atoms with Crippen LogP contribution in [0.25, 0.3) is 0 Å². The van der Waals surface area contributed by atoms with Crippen molar-refractivity contribution >= 4 is 17.8 Å². The molecular formula is C17H21FN2O4. The Balaban J connectivity index is 2.24. The highest BCUT2D eigenvalue weighted by Crippen LogP contribution is 2.38. The van der Waals surface area contributed by atoms with Crippen LogP contribution in [-0.2, 0) is 14.4 Å². The number of nitrogens with zero attached hydrogens (tertiary/aromatic N) is 2. The summed E-state index contributed by atoms with van der Waals surface area (Å²) < 4.78 is 13.2. The van der Waals surface area contributed by atoms with Gasteiger partial charge in [0.15, 0.2) is 0 Å². The molecule has 2 atom stereocenters. The second-order valence-corrected chi connectivity index (χ2v) is 5.87. The van der Waals surface area contributed by atoms with E-state index in [0.717, 1.165) is 0 Å². The molecule has 0 spiro atoms. The standard InChI is InChI=1S/C17H21FN2O4/c1-3-20(9-8-15(22)23)17(24)13-10-14(21)19(2)16(13)11-4-6-12(18)7-5-11/h4-7,13,16H,3,8-10H2,1-2H3,(H,22,23). The van der Waals surface area contributed by atoms with E-state index < -0.39 is 17.9 Å². The first-order valence-electron chi connectivity index (χ1n) is 7.86. The van der Waals surface area contributed by atoms with Crippen LogP contribution in [0.1, 0.15) is 31.4 Å². The molecule has 1 aromatic carbocycles. The van der Waals surface area contributed by atoms with E-state index in [1.807, 2.05) is 0 Å². The smallest absolute Gasteiger partial charge is 0.305 e. The van der Waals surface area contributed by atoms with Gasteiger partial charge in [-0.1, -0.05) is 12.1 Å². The number of hydrogen-bond acceptors (Lipinski definition) is 3. The lowest BCUT2D eigenvalue weighted by atomic mass is 9.92. The number of carbonyl (C=O) groups is 3. The Morgan fingerprint density at radius 3 is 2.50 bits per heavy atom. The highest BCUT2D eigenvalue weighted by Gasteiger charge is 2.43. The van der Waals surface area contributed by atoms with Crippen LogP contribution < -0.4 is 0 Å². The third kappa shape index (κ3) is 3.72. The molecule has 0 radical (unpaired) electrons. The first-order chi connectivity index (χ1) is 11.3. The molecular weight excluding hydrogens is 315 g/mol. The van der Waals surface area contributed by atoms with Crippen LogP contribution in [0.4, 0.5) is 4.39 Å². The van der Waals surface area contributed by atoms with Crippen LogP contribution in [-0.4, -0.2) is 52.8 Å². The number of amides is 2. The van der Waals surface area contributed by atoms with Crippen molar-refractivity contribution in [3.8, 4) is 0 Å². The molecule has 1 aromatic rings. The van der Waals surface area contributed by atoms with Gasteiger partial charge in [-0.15, -0.1) is 0 Å². The molecule has 130 valence electrons. The van der Waals surface area contributed by atoms with Gasteiger partial charge < -0.3 is 14.9 Å². The van der Waals surface area contributed by atoms with Gasteiger partial charge in [0.2, 0.25) is 11.8 Å². The second-order valence-electron chi connectivity index (χ2n) is 5.87. The largest absolute Gasteiger partial charge is 0.481 e. The molecule has 1 aliphatic heterocycles. The first kappa shape index (κ1) is 17.9. The number of aliphatic carboxylic acids is 1. The Kier molecular flexibility index (Phi) is 5.54. The predicted molar refractivity (Wildman–Crippen MR) is 84.5 cm³/mol. The van der Waals surface area contributed by atoms with E-state index in [4.69, 9.17) is 5.11 Å². The molecule has 0 aliphatic carbocycles. The number of halogens is 1. The summed E-state index contributed by atoms with van der Waals surface area (Å²) in [6.45, 7) is 2.25. The molecule has 6 nitrogen and oxygen atoms in total. The lowest BCUT2D eigenvalue weighted by Gasteiger charge is -2.29. The fourth-order valence-corrected chi connectivity index (χ4v) is 3.10. The highest BCUT2D eigenvalue weighted by molar-refractivity contribution is 5.90. The van der Waals surface area contributed by atoms with Gasteiger partial charge in [0.05, 0.1) is 18.4 Å². The van der Waals surface area contributed by atoms with E-state index in [1.165, 1.54) is 21.9 Å². The Hall–Kier alpha value is -2.44. The SMILES string of the molecule is CCN(CCC(=O)O)C(=O)C1CC(=O)N(C)C1c1ccc(F)cc1. The van der Waals surface area contributed by atoms with E-state index in [9.17, 15) is 18.8 Å². The van der Waals surface area contributed by atoms with E-state index in [1.54, 1.807) is 26.1 Å². The summed E-state index contributed by atoms with van der Waals surface area (Å²) in [7, 11) is 1.62. The Bertz CT molecular complexity index is 632. The van der Waals surface area contributed by atoms with Gasteiger partial charge in [0.25, 0.3) is 0 Å². The quantitative estimate of drug-likeness (QED) is 0.857. The number of hydrogen-bond donors (Lipinski definition) is 1. The lowest BCUT2D eigenvalue weighted by molar-refractivity contribution is -0.140. The van der Waals surface area contributed by atoms with Crippen molar-refractivity contribution in [2.75, 3.05) is 20.1 Å². The molecule has 0 aromatic heterocycles. The van der Waals surface area contributed by atoms with E-state index in [2.05, 4.69) is 0 Å². The second kappa shape index (κ2) is 7.42. The number of carboxylic acids is 1. The Labute approximate surface area is 139 Å². The summed E-state index contributed by atoms with van der Waals surface area (Å²) in [5.41, 5.74) is 0.692. The molecule has 2 amide bonds. The molecule has 0 bridgehead atoms. The molecule has 0 saturated carbocycles. The van der Waals surface area contributed by atoms with Crippen LogP contribution in [0.15, 0.2) is 24.3 Å². The zero-order valence-electron chi connectivity index (χ0n) is 13.7. The minimum Gasteiger partial charge on any atom is -0.481 e. The molecule has 1 saturated heterocycles. The number of carbonyl (C=O) groups excluding carboxylic acids is 2. The first-order valence-corrected chi connectivity index (χ1v) is 7.86.